The Morgan fingerprint density at radius 2 is 2.14 bits per heavy atom. The summed E-state index contributed by atoms with van der Waals surface area (Å²) >= 11 is 5.53. The molecule has 0 aliphatic carbocycles. The minimum Gasteiger partial charge on any atom is -0.241 e. The molecule has 0 amide bonds. The molecule has 72 valence electrons. The SMILES string of the molecule is ClC/C=C/Cn1nnc2ccccc21. The van der Waals surface area contributed by atoms with Crippen LogP contribution in [-0.2, 0) is 6.54 Å². The maximum Gasteiger partial charge on any atom is 0.113 e. The van der Waals surface area contributed by atoms with Gasteiger partial charge in [-0.25, -0.2) is 4.68 Å². The average Bonchev–Trinajstić information content (AvgIpc) is 2.63. The van der Waals surface area contributed by atoms with Gasteiger partial charge in [0.05, 0.1) is 12.1 Å². The van der Waals surface area contributed by atoms with Crippen molar-refractivity contribution in [3.8, 4) is 0 Å². The van der Waals surface area contributed by atoms with Crippen molar-refractivity contribution in [1.82, 2.24) is 15.0 Å². The predicted molar refractivity (Wildman–Crippen MR) is 57.4 cm³/mol. The van der Waals surface area contributed by atoms with Crippen LogP contribution in [0.2, 0.25) is 0 Å². The van der Waals surface area contributed by atoms with E-state index in [2.05, 4.69) is 10.3 Å². The van der Waals surface area contributed by atoms with Crippen LogP contribution in [-0.4, -0.2) is 20.9 Å². The number of aromatic nitrogens is 3. The zero-order chi connectivity index (χ0) is 9.80. The summed E-state index contributed by atoms with van der Waals surface area (Å²) < 4.78 is 1.85. The van der Waals surface area contributed by atoms with Crippen LogP contribution >= 0.6 is 11.6 Å². The van der Waals surface area contributed by atoms with Gasteiger partial charge in [-0.1, -0.05) is 29.5 Å². The van der Waals surface area contributed by atoms with Crippen molar-refractivity contribution in [1.29, 1.82) is 0 Å². The second-order valence-electron chi connectivity index (χ2n) is 2.89. The molecule has 0 spiro atoms. The van der Waals surface area contributed by atoms with Gasteiger partial charge in [0.25, 0.3) is 0 Å². The minimum atomic E-state index is 0.534. The number of fused-ring (bicyclic) bond motifs is 1. The molecule has 0 atom stereocenters. The molecule has 14 heavy (non-hydrogen) atoms. The molecule has 0 radical (unpaired) electrons. The molecule has 3 nitrogen and oxygen atoms in total. The number of allylic oxidation sites excluding steroid dienone is 2. The van der Waals surface area contributed by atoms with Crippen LogP contribution < -0.4 is 0 Å². The Bertz CT molecular complexity index is 447. The zero-order valence-corrected chi connectivity index (χ0v) is 8.35. The van der Waals surface area contributed by atoms with Crippen molar-refractivity contribution < 1.29 is 0 Å². The summed E-state index contributed by atoms with van der Waals surface area (Å²) in [6.45, 7) is 0.716. The van der Waals surface area contributed by atoms with E-state index in [-0.39, 0.29) is 0 Å². The van der Waals surface area contributed by atoms with E-state index in [1.807, 2.05) is 41.1 Å². The molecule has 0 aliphatic heterocycles. The van der Waals surface area contributed by atoms with E-state index in [0.717, 1.165) is 11.0 Å². The Labute approximate surface area is 87.0 Å². The van der Waals surface area contributed by atoms with Gasteiger partial charge < -0.3 is 0 Å². The van der Waals surface area contributed by atoms with Gasteiger partial charge >= 0.3 is 0 Å². The van der Waals surface area contributed by atoms with Gasteiger partial charge in [-0.3, -0.25) is 0 Å². The van der Waals surface area contributed by atoms with E-state index in [9.17, 15) is 0 Å². The summed E-state index contributed by atoms with van der Waals surface area (Å²) in [4.78, 5) is 0. The molecule has 1 heterocycles. The Hall–Kier alpha value is -1.35. The second kappa shape index (κ2) is 4.24. The van der Waals surface area contributed by atoms with E-state index >= 15 is 0 Å². The molecular weight excluding hydrogens is 198 g/mol. The highest BCUT2D eigenvalue weighted by molar-refractivity contribution is 6.18. The van der Waals surface area contributed by atoms with Crippen LogP contribution in [0.25, 0.3) is 11.0 Å². The van der Waals surface area contributed by atoms with Crippen molar-refractivity contribution in [3.63, 3.8) is 0 Å². The van der Waals surface area contributed by atoms with E-state index < -0.39 is 0 Å². The van der Waals surface area contributed by atoms with Crippen molar-refractivity contribution in [3.05, 3.63) is 36.4 Å². The number of para-hydroxylation sites is 1. The summed E-state index contributed by atoms with van der Waals surface area (Å²) in [7, 11) is 0. The fourth-order valence-electron chi connectivity index (χ4n) is 1.29. The third-order valence-corrected chi connectivity index (χ3v) is 2.13. The zero-order valence-electron chi connectivity index (χ0n) is 7.60. The average molecular weight is 208 g/mol. The number of hydrogen-bond donors (Lipinski definition) is 0. The maximum absolute atomic E-state index is 5.53. The highest BCUT2D eigenvalue weighted by Crippen LogP contribution is 2.09. The molecular formula is C10H10ClN3. The van der Waals surface area contributed by atoms with Crippen molar-refractivity contribution in [2.45, 2.75) is 6.54 Å². The number of rotatable bonds is 3. The molecule has 0 unspecified atom stereocenters. The number of benzene rings is 1. The predicted octanol–water partition coefficient (Wildman–Crippen LogP) is 2.23. The summed E-state index contributed by atoms with van der Waals surface area (Å²) in [6.07, 6.45) is 3.88. The first-order valence-corrected chi connectivity index (χ1v) is 4.94. The van der Waals surface area contributed by atoms with Crippen LogP contribution in [0.3, 0.4) is 0 Å². The third-order valence-electron chi connectivity index (χ3n) is 1.95. The smallest absolute Gasteiger partial charge is 0.113 e. The monoisotopic (exact) mass is 207 g/mol. The van der Waals surface area contributed by atoms with Crippen LogP contribution in [0, 0.1) is 0 Å². The first-order valence-electron chi connectivity index (χ1n) is 4.41. The van der Waals surface area contributed by atoms with Gasteiger partial charge in [0.15, 0.2) is 0 Å². The molecule has 4 heteroatoms. The molecule has 0 bridgehead atoms. The number of alkyl halides is 1. The lowest BCUT2D eigenvalue weighted by atomic mass is 10.3. The highest BCUT2D eigenvalue weighted by Gasteiger charge is 1.99. The minimum absolute atomic E-state index is 0.534. The molecule has 0 fully saturated rings. The number of hydrogen-bond acceptors (Lipinski definition) is 2. The molecule has 1 aromatic carbocycles. The molecule has 0 saturated heterocycles. The lowest BCUT2D eigenvalue weighted by molar-refractivity contribution is 0.682. The first kappa shape index (κ1) is 9.21. The largest absolute Gasteiger partial charge is 0.241 e. The van der Waals surface area contributed by atoms with Crippen LogP contribution in [0.15, 0.2) is 36.4 Å². The van der Waals surface area contributed by atoms with Crippen molar-refractivity contribution in [2.75, 3.05) is 5.88 Å². The Balaban J connectivity index is 2.29. The molecule has 2 aromatic rings. The molecule has 0 saturated carbocycles. The Morgan fingerprint density at radius 1 is 1.29 bits per heavy atom. The van der Waals surface area contributed by atoms with E-state index in [0.29, 0.717) is 12.4 Å². The molecule has 2 rings (SSSR count). The third kappa shape index (κ3) is 1.77. The first-order chi connectivity index (χ1) is 6.92. The fraction of sp³-hybridized carbons (Fsp3) is 0.200. The standard InChI is InChI=1S/C10H10ClN3/c11-7-3-4-8-14-10-6-2-1-5-9(10)12-13-14/h1-6H,7-8H2/b4-3+. The molecule has 1 aromatic heterocycles. The topological polar surface area (TPSA) is 30.7 Å². The molecule has 0 N–H and O–H groups in total. The Kier molecular flexibility index (Phi) is 2.79. The van der Waals surface area contributed by atoms with E-state index in [1.165, 1.54) is 0 Å². The van der Waals surface area contributed by atoms with Crippen LogP contribution in [0.1, 0.15) is 0 Å². The van der Waals surface area contributed by atoms with Gasteiger partial charge in [-0.05, 0) is 12.1 Å². The van der Waals surface area contributed by atoms with Gasteiger partial charge in [0.1, 0.15) is 5.52 Å². The lowest BCUT2D eigenvalue weighted by Gasteiger charge is -1.95. The van der Waals surface area contributed by atoms with Gasteiger partial charge in [0, 0.05) is 5.88 Å². The highest BCUT2D eigenvalue weighted by atomic mass is 35.5. The maximum atomic E-state index is 5.53. The fourth-order valence-corrected chi connectivity index (χ4v) is 1.42. The lowest BCUT2D eigenvalue weighted by Crippen LogP contribution is -1.97. The second-order valence-corrected chi connectivity index (χ2v) is 3.19. The summed E-state index contributed by atoms with van der Waals surface area (Å²) in [5.41, 5.74) is 1.97. The van der Waals surface area contributed by atoms with Gasteiger partial charge in [-0.2, -0.15) is 0 Å². The quantitative estimate of drug-likeness (QED) is 0.571. The van der Waals surface area contributed by atoms with Gasteiger partial charge in [-0.15, -0.1) is 16.7 Å². The number of nitrogens with zero attached hydrogens (tertiary/aromatic N) is 3. The summed E-state index contributed by atoms with van der Waals surface area (Å²) in [5.74, 6) is 0.534. The van der Waals surface area contributed by atoms with Crippen molar-refractivity contribution in [2.24, 2.45) is 0 Å². The van der Waals surface area contributed by atoms with Crippen LogP contribution in [0.5, 0.6) is 0 Å². The van der Waals surface area contributed by atoms with Crippen molar-refractivity contribution >= 4 is 22.6 Å². The molecule has 0 aliphatic rings. The van der Waals surface area contributed by atoms with E-state index in [1.54, 1.807) is 0 Å². The van der Waals surface area contributed by atoms with Crippen LogP contribution in [0.4, 0.5) is 0 Å². The Morgan fingerprint density at radius 3 is 3.00 bits per heavy atom. The van der Waals surface area contributed by atoms with Gasteiger partial charge in [0.2, 0.25) is 0 Å². The van der Waals surface area contributed by atoms with E-state index in [4.69, 9.17) is 11.6 Å². The summed E-state index contributed by atoms with van der Waals surface area (Å²) in [5, 5.41) is 8.08. The summed E-state index contributed by atoms with van der Waals surface area (Å²) in [6, 6.07) is 7.89. The normalized spacial score (nSPS) is 11.5. The number of halogens is 1.